The molecule has 0 aliphatic carbocycles. The minimum atomic E-state index is 0.578. The van der Waals surface area contributed by atoms with Crippen molar-refractivity contribution < 1.29 is 4.42 Å². The zero-order valence-electron chi connectivity index (χ0n) is 33.5. The summed E-state index contributed by atoms with van der Waals surface area (Å²) < 4.78 is 9.37. The largest absolute Gasteiger partial charge is 0.455 e. The van der Waals surface area contributed by atoms with Crippen LogP contribution in [0.15, 0.2) is 223 Å². The molecule has 62 heavy (non-hydrogen) atoms. The van der Waals surface area contributed by atoms with Crippen molar-refractivity contribution in [1.82, 2.24) is 19.5 Å². The molecule has 0 saturated carbocycles. The van der Waals surface area contributed by atoms with Crippen LogP contribution in [-0.4, -0.2) is 19.5 Å². The molecule has 0 bridgehead atoms. The van der Waals surface area contributed by atoms with Gasteiger partial charge < -0.3 is 8.98 Å². The Labute approximate surface area is 357 Å². The molecule has 0 N–H and O–H groups in total. The standard InChI is InChI=1S/C57H36N4O/c1-5-18-37(19-6-1)42-26-13-14-27-43(42)40-32-33-44(50(34-40)57-59-55(38-20-7-2-8-21-38)58-56(60-57)39-22-9-3-10-23-39)46-29-17-30-47-49-35-52-48(36-53(49)62-54(46)47)45-28-15-16-31-51(45)61(52)41-24-11-4-12-25-41/h1-36H. The van der Waals surface area contributed by atoms with Crippen molar-refractivity contribution in [2.45, 2.75) is 0 Å². The fourth-order valence-electron chi connectivity index (χ4n) is 8.99. The fraction of sp³-hybridized carbons (Fsp3) is 0. The summed E-state index contributed by atoms with van der Waals surface area (Å²) in [6.07, 6.45) is 0. The van der Waals surface area contributed by atoms with Gasteiger partial charge in [0.15, 0.2) is 17.5 Å². The second kappa shape index (κ2) is 14.7. The molecule has 3 aromatic heterocycles. The van der Waals surface area contributed by atoms with Crippen molar-refractivity contribution in [2.24, 2.45) is 0 Å². The van der Waals surface area contributed by atoms with Crippen LogP contribution >= 0.6 is 0 Å². The highest BCUT2D eigenvalue weighted by Crippen LogP contribution is 2.44. The summed E-state index contributed by atoms with van der Waals surface area (Å²) in [5.41, 5.74) is 14.2. The van der Waals surface area contributed by atoms with E-state index in [9.17, 15) is 0 Å². The summed E-state index contributed by atoms with van der Waals surface area (Å²) >= 11 is 0. The molecular weight excluding hydrogens is 757 g/mol. The van der Waals surface area contributed by atoms with Crippen LogP contribution in [-0.2, 0) is 0 Å². The fourth-order valence-corrected chi connectivity index (χ4v) is 8.99. The van der Waals surface area contributed by atoms with Crippen LogP contribution in [0, 0.1) is 0 Å². The minimum absolute atomic E-state index is 0.578. The van der Waals surface area contributed by atoms with Gasteiger partial charge in [0, 0.05) is 49.5 Å². The maximum absolute atomic E-state index is 7.02. The molecule has 0 saturated heterocycles. The molecule has 0 fully saturated rings. The van der Waals surface area contributed by atoms with Gasteiger partial charge in [0.05, 0.1) is 11.0 Å². The number of fused-ring (bicyclic) bond motifs is 6. The maximum atomic E-state index is 7.02. The lowest BCUT2D eigenvalue weighted by atomic mass is 9.90. The first-order chi connectivity index (χ1) is 30.7. The van der Waals surface area contributed by atoms with Crippen LogP contribution in [0.1, 0.15) is 0 Å². The van der Waals surface area contributed by atoms with E-state index in [1.165, 1.54) is 5.39 Å². The smallest absolute Gasteiger partial charge is 0.164 e. The first kappa shape index (κ1) is 35.5. The Balaban J connectivity index is 1.12. The Morgan fingerprint density at radius 3 is 1.55 bits per heavy atom. The molecular formula is C57H36N4O. The predicted molar refractivity (Wildman–Crippen MR) is 254 cm³/mol. The quantitative estimate of drug-likeness (QED) is 0.161. The topological polar surface area (TPSA) is 56.7 Å². The van der Waals surface area contributed by atoms with Crippen molar-refractivity contribution in [3.05, 3.63) is 218 Å². The molecule has 0 atom stereocenters. The van der Waals surface area contributed by atoms with Crippen molar-refractivity contribution in [1.29, 1.82) is 0 Å². The molecule has 0 aliphatic rings. The van der Waals surface area contributed by atoms with Crippen molar-refractivity contribution in [3.8, 4) is 73.2 Å². The first-order valence-electron chi connectivity index (χ1n) is 20.9. The second-order valence-corrected chi connectivity index (χ2v) is 15.5. The predicted octanol–water partition coefficient (Wildman–Crippen LogP) is 14.9. The Hall–Kier alpha value is -8.41. The van der Waals surface area contributed by atoms with Gasteiger partial charge in [-0.05, 0) is 64.2 Å². The molecule has 3 heterocycles. The number of rotatable bonds is 7. The van der Waals surface area contributed by atoms with Crippen LogP contribution in [0.4, 0.5) is 0 Å². The van der Waals surface area contributed by atoms with Gasteiger partial charge in [0.2, 0.25) is 0 Å². The van der Waals surface area contributed by atoms with E-state index in [1.807, 2.05) is 60.7 Å². The summed E-state index contributed by atoms with van der Waals surface area (Å²) in [4.78, 5) is 15.6. The van der Waals surface area contributed by atoms with Crippen LogP contribution in [0.2, 0.25) is 0 Å². The summed E-state index contributed by atoms with van der Waals surface area (Å²) in [5.74, 6) is 1.79. The summed E-state index contributed by atoms with van der Waals surface area (Å²) in [6, 6.07) is 76.2. The van der Waals surface area contributed by atoms with E-state index >= 15 is 0 Å². The monoisotopic (exact) mass is 792 g/mol. The summed E-state index contributed by atoms with van der Waals surface area (Å²) in [5, 5.41) is 4.43. The third kappa shape index (κ3) is 5.98. The molecule has 12 rings (SSSR count). The number of hydrogen-bond donors (Lipinski definition) is 0. The normalized spacial score (nSPS) is 11.5. The van der Waals surface area contributed by atoms with E-state index in [4.69, 9.17) is 19.4 Å². The lowest BCUT2D eigenvalue weighted by molar-refractivity contribution is 0.670. The van der Waals surface area contributed by atoms with Crippen molar-refractivity contribution >= 4 is 43.7 Å². The van der Waals surface area contributed by atoms with Gasteiger partial charge in [0.25, 0.3) is 0 Å². The van der Waals surface area contributed by atoms with E-state index in [0.29, 0.717) is 17.5 Å². The third-order valence-electron chi connectivity index (χ3n) is 11.9. The van der Waals surface area contributed by atoms with E-state index in [-0.39, 0.29) is 0 Å². The van der Waals surface area contributed by atoms with Gasteiger partial charge in [-0.3, -0.25) is 0 Å². The minimum Gasteiger partial charge on any atom is -0.455 e. The van der Waals surface area contributed by atoms with Gasteiger partial charge in [0.1, 0.15) is 11.2 Å². The SMILES string of the molecule is c1ccc(-c2nc(-c3ccccc3)nc(-c3cc(-c4ccccc4-c4ccccc4)ccc3-c3cccc4c3oc3cc5c6ccccc6n(-c6ccccc6)c5cc34)n2)cc1. The average Bonchev–Trinajstić information content (AvgIpc) is 3.89. The molecule has 9 aromatic carbocycles. The van der Waals surface area contributed by atoms with Crippen LogP contribution in [0.5, 0.6) is 0 Å². The third-order valence-corrected chi connectivity index (χ3v) is 11.9. The molecule has 0 spiro atoms. The van der Waals surface area contributed by atoms with Gasteiger partial charge in [-0.15, -0.1) is 0 Å². The van der Waals surface area contributed by atoms with Crippen molar-refractivity contribution in [3.63, 3.8) is 0 Å². The number of para-hydroxylation sites is 3. The molecule has 290 valence electrons. The van der Waals surface area contributed by atoms with Gasteiger partial charge in [-0.2, -0.15) is 0 Å². The van der Waals surface area contributed by atoms with E-state index in [1.54, 1.807) is 0 Å². The van der Waals surface area contributed by atoms with Crippen LogP contribution in [0.25, 0.3) is 117 Å². The number of aromatic nitrogens is 4. The van der Waals surface area contributed by atoms with E-state index in [2.05, 4.69) is 162 Å². The highest BCUT2D eigenvalue weighted by atomic mass is 16.3. The van der Waals surface area contributed by atoms with E-state index < -0.39 is 0 Å². The highest BCUT2D eigenvalue weighted by Gasteiger charge is 2.22. The number of nitrogens with zero attached hydrogens (tertiary/aromatic N) is 4. The van der Waals surface area contributed by atoms with Crippen LogP contribution in [0.3, 0.4) is 0 Å². The van der Waals surface area contributed by atoms with Gasteiger partial charge in [-0.1, -0.05) is 182 Å². The Bertz CT molecular complexity index is 3560. The average molecular weight is 793 g/mol. The van der Waals surface area contributed by atoms with Crippen LogP contribution < -0.4 is 0 Å². The molecule has 12 aromatic rings. The molecule has 0 unspecified atom stereocenters. The van der Waals surface area contributed by atoms with E-state index in [0.717, 1.165) is 94.1 Å². The lowest BCUT2D eigenvalue weighted by Crippen LogP contribution is -2.01. The second-order valence-electron chi connectivity index (χ2n) is 15.5. The zero-order valence-corrected chi connectivity index (χ0v) is 33.5. The molecule has 0 aliphatic heterocycles. The molecule has 0 radical (unpaired) electrons. The van der Waals surface area contributed by atoms with Crippen molar-refractivity contribution in [2.75, 3.05) is 0 Å². The maximum Gasteiger partial charge on any atom is 0.164 e. The molecule has 0 amide bonds. The zero-order chi connectivity index (χ0) is 41.0. The molecule has 5 nitrogen and oxygen atoms in total. The number of benzene rings is 9. The summed E-state index contributed by atoms with van der Waals surface area (Å²) in [6.45, 7) is 0. The Morgan fingerprint density at radius 2 is 0.855 bits per heavy atom. The first-order valence-corrected chi connectivity index (χ1v) is 20.9. The van der Waals surface area contributed by atoms with Gasteiger partial charge >= 0.3 is 0 Å². The lowest BCUT2D eigenvalue weighted by Gasteiger charge is -2.16. The Kier molecular flexibility index (Phi) is 8.42. The number of hydrogen-bond acceptors (Lipinski definition) is 4. The molecule has 5 heteroatoms. The number of furan rings is 1. The summed E-state index contributed by atoms with van der Waals surface area (Å²) in [7, 11) is 0. The Morgan fingerprint density at radius 1 is 0.306 bits per heavy atom. The van der Waals surface area contributed by atoms with Gasteiger partial charge in [-0.25, -0.2) is 15.0 Å². The highest BCUT2D eigenvalue weighted by molar-refractivity contribution is 6.18.